The molecular weight excluding hydrogens is 356 g/mol. The van der Waals surface area contributed by atoms with E-state index in [1.54, 1.807) is 19.1 Å². The van der Waals surface area contributed by atoms with Crippen LogP contribution in [0.15, 0.2) is 28.7 Å². The second-order valence-corrected chi connectivity index (χ2v) is 5.55. The minimum Gasteiger partial charge on any atom is -0.493 e. The van der Waals surface area contributed by atoms with Crippen LogP contribution in [0.2, 0.25) is 0 Å². The van der Waals surface area contributed by atoms with Crippen molar-refractivity contribution in [1.29, 1.82) is 0 Å². The van der Waals surface area contributed by atoms with Gasteiger partial charge in [0.1, 0.15) is 23.7 Å². The molecule has 0 saturated heterocycles. The summed E-state index contributed by atoms with van der Waals surface area (Å²) in [7, 11) is 2.70. The topological polar surface area (TPSA) is 101 Å². The summed E-state index contributed by atoms with van der Waals surface area (Å²) in [6, 6.07) is 6.11. The number of rotatable bonds is 8. The number of carbonyl (C=O) groups is 3. The van der Waals surface area contributed by atoms with E-state index < -0.39 is 11.9 Å². The standard InChI is InChI=1S/C19H20O8/c1-11(20)13-5-6-16(17(7-13)23-3)25-10-18(21)26-9-14-8-15(12(2)27-14)19(22)24-4/h5-8H,9-10H2,1-4H3. The average molecular weight is 376 g/mol. The van der Waals surface area contributed by atoms with Gasteiger partial charge in [-0.1, -0.05) is 0 Å². The van der Waals surface area contributed by atoms with E-state index in [0.29, 0.717) is 28.6 Å². The van der Waals surface area contributed by atoms with Gasteiger partial charge in [-0.2, -0.15) is 0 Å². The normalized spacial score (nSPS) is 10.2. The monoisotopic (exact) mass is 376 g/mol. The van der Waals surface area contributed by atoms with Gasteiger partial charge in [-0.3, -0.25) is 4.79 Å². The lowest BCUT2D eigenvalue weighted by molar-refractivity contribution is -0.147. The van der Waals surface area contributed by atoms with Crippen molar-refractivity contribution in [1.82, 2.24) is 0 Å². The fraction of sp³-hybridized carbons (Fsp3) is 0.316. The zero-order valence-electron chi connectivity index (χ0n) is 15.5. The Morgan fingerprint density at radius 2 is 1.81 bits per heavy atom. The van der Waals surface area contributed by atoms with Crippen molar-refractivity contribution < 1.29 is 37.7 Å². The number of furan rings is 1. The lowest BCUT2D eigenvalue weighted by Gasteiger charge is -2.11. The van der Waals surface area contributed by atoms with E-state index in [2.05, 4.69) is 4.74 Å². The molecule has 0 aliphatic heterocycles. The Morgan fingerprint density at radius 3 is 2.44 bits per heavy atom. The van der Waals surface area contributed by atoms with E-state index in [1.165, 1.54) is 33.3 Å². The summed E-state index contributed by atoms with van der Waals surface area (Å²) in [5.41, 5.74) is 0.742. The Hall–Kier alpha value is -3.29. The minimum absolute atomic E-state index is 0.112. The second kappa shape index (κ2) is 8.88. The Bertz CT molecular complexity index is 849. The van der Waals surface area contributed by atoms with Crippen LogP contribution in [0.1, 0.15) is 39.2 Å². The molecule has 1 aromatic carbocycles. The van der Waals surface area contributed by atoms with Crippen molar-refractivity contribution in [3.8, 4) is 11.5 Å². The average Bonchev–Trinajstić information content (AvgIpc) is 3.04. The molecule has 0 amide bonds. The van der Waals surface area contributed by atoms with Crippen LogP contribution in [-0.2, 0) is 20.9 Å². The first kappa shape index (κ1) is 20.0. The highest BCUT2D eigenvalue weighted by Crippen LogP contribution is 2.28. The summed E-state index contributed by atoms with van der Waals surface area (Å²) in [6.07, 6.45) is 0. The van der Waals surface area contributed by atoms with E-state index in [4.69, 9.17) is 18.6 Å². The molecule has 27 heavy (non-hydrogen) atoms. The highest BCUT2D eigenvalue weighted by atomic mass is 16.6. The Balaban J connectivity index is 1.92. The number of aryl methyl sites for hydroxylation is 1. The molecule has 1 aromatic heterocycles. The molecule has 0 radical (unpaired) electrons. The molecule has 0 N–H and O–H groups in total. The van der Waals surface area contributed by atoms with Gasteiger partial charge in [0.2, 0.25) is 0 Å². The van der Waals surface area contributed by atoms with Crippen molar-refractivity contribution >= 4 is 17.7 Å². The number of carbonyl (C=O) groups excluding carboxylic acids is 3. The molecule has 0 saturated carbocycles. The molecule has 0 fully saturated rings. The molecule has 0 aliphatic rings. The summed E-state index contributed by atoms with van der Waals surface area (Å²) < 4.78 is 25.6. The maximum atomic E-state index is 11.9. The molecule has 2 rings (SSSR count). The van der Waals surface area contributed by atoms with Crippen molar-refractivity contribution in [2.75, 3.05) is 20.8 Å². The van der Waals surface area contributed by atoms with E-state index in [9.17, 15) is 14.4 Å². The third-order valence-corrected chi connectivity index (χ3v) is 3.67. The van der Waals surface area contributed by atoms with Crippen LogP contribution in [0.5, 0.6) is 11.5 Å². The van der Waals surface area contributed by atoms with Crippen molar-refractivity contribution in [3.05, 3.63) is 46.9 Å². The number of ether oxygens (including phenoxy) is 4. The number of benzene rings is 1. The van der Waals surface area contributed by atoms with E-state index >= 15 is 0 Å². The van der Waals surface area contributed by atoms with Crippen LogP contribution < -0.4 is 9.47 Å². The van der Waals surface area contributed by atoms with Crippen molar-refractivity contribution in [2.24, 2.45) is 0 Å². The predicted octanol–water partition coefficient (Wildman–Crippen LogP) is 2.71. The molecule has 1 heterocycles. The molecule has 0 bridgehead atoms. The van der Waals surface area contributed by atoms with Gasteiger partial charge in [0.25, 0.3) is 0 Å². The highest BCUT2D eigenvalue weighted by Gasteiger charge is 2.17. The van der Waals surface area contributed by atoms with Crippen LogP contribution >= 0.6 is 0 Å². The number of methoxy groups -OCH3 is 2. The van der Waals surface area contributed by atoms with Crippen LogP contribution in [0, 0.1) is 6.92 Å². The summed E-state index contributed by atoms with van der Waals surface area (Å²) >= 11 is 0. The predicted molar refractivity (Wildman–Crippen MR) is 93.1 cm³/mol. The Morgan fingerprint density at radius 1 is 1.07 bits per heavy atom. The highest BCUT2D eigenvalue weighted by molar-refractivity contribution is 5.94. The summed E-state index contributed by atoms with van der Waals surface area (Å²) in [6.45, 7) is 2.53. The quantitative estimate of drug-likeness (QED) is 0.512. The number of Topliss-reactive ketones (excluding diaryl/α,β-unsaturated/α-hetero) is 1. The Labute approximate surface area is 156 Å². The Kier molecular flexibility index (Phi) is 6.59. The SMILES string of the molecule is COC(=O)c1cc(COC(=O)COc2ccc(C(C)=O)cc2OC)oc1C. The van der Waals surface area contributed by atoms with Crippen LogP contribution in [0.25, 0.3) is 0 Å². The van der Waals surface area contributed by atoms with E-state index in [0.717, 1.165) is 0 Å². The largest absolute Gasteiger partial charge is 0.493 e. The minimum atomic E-state index is -0.638. The fourth-order valence-corrected chi connectivity index (χ4v) is 2.26. The first-order valence-electron chi connectivity index (χ1n) is 8.00. The molecule has 0 spiro atoms. The molecule has 2 aromatic rings. The van der Waals surface area contributed by atoms with Gasteiger partial charge >= 0.3 is 11.9 Å². The third kappa shape index (κ3) is 5.10. The second-order valence-electron chi connectivity index (χ2n) is 5.55. The van der Waals surface area contributed by atoms with E-state index in [1.807, 2.05) is 0 Å². The third-order valence-electron chi connectivity index (χ3n) is 3.67. The van der Waals surface area contributed by atoms with Gasteiger partial charge in [0.15, 0.2) is 23.9 Å². The summed E-state index contributed by atoms with van der Waals surface area (Å²) in [5, 5.41) is 0. The van der Waals surface area contributed by atoms with Gasteiger partial charge in [-0.25, -0.2) is 9.59 Å². The van der Waals surface area contributed by atoms with Crippen molar-refractivity contribution in [3.63, 3.8) is 0 Å². The zero-order chi connectivity index (χ0) is 20.0. The number of esters is 2. The summed E-state index contributed by atoms with van der Waals surface area (Å²) in [5.74, 6) is 0.0456. The number of hydrogen-bond donors (Lipinski definition) is 0. The molecule has 8 nitrogen and oxygen atoms in total. The number of ketones is 1. The van der Waals surface area contributed by atoms with Gasteiger partial charge in [-0.05, 0) is 38.1 Å². The molecule has 0 atom stereocenters. The van der Waals surface area contributed by atoms with Crippen LogP contribution in [-0.4, -0.2) is 38.5 Å². The maximum Gasteiger partial charge on any atom is 0.344 e. The van der Waals surface area contributed by atoms with Crippen LogP contribution in [0.4, 0.5) is 0 Å². The van der Waals surface area contributed by atoms with Crippen LogP contribution in [0.3, 0.4) is 0 Å². The first-order chi connectivity index (χ1) is 12.8. The fourth-order valence-electron chi connectivity index (χ4n) is 2.26. The van der Waals surface area contributed by atoms with Gasteiger partial charge < -0.3 is 23.4 Å². The first-order valence-corrected chi connectivity index (χ1v) is 8.00. The molecule has 0 unspecified atom stereocenters. The van der Waals surface area contributed by atoms with Gasteiger partial charge in [0.05, 0.1) is 14.2 Å². The van der Waals surface area contributed by atoms with Gasteiger partial charge in [-0.15, -0.1) is 0 Å². The van der Waals surface area contributed by atoms with Gasteiger partial charge in [0, 0.05) is 5.56 Å². The lowest BCUT2D eigenvalue weighted by atomic mass is 10.1. The van der Waals surface area contributed by atoms with Crippen molar-refractivity contribution in [2.45, 2.75) is 20.5 Å². The molecular formula is C19H20O8. The zero-order valence-corrected chi connectivity index (χ0v) is 15.5. The summed E-state index contributed by atoms with van der Waals surface area (Å²) in [4.78, 5) is 34.8. The van der Waals surface area contributed by atoms with E-state index in [-0.39, 0.29) is 24.6 Å². The molecule has 144 valence electrons. The smallest absolute Gasteiger partial charge is 0.344 e. The lowest BCUT2D eigenvalue weighted by Crippen LogP contribution is -2.15. The molecule has 0 aliphatic carbocycles. The maximum absolute atomic E-state index is 11.9. The molecule has 8 heteroatoms. The number of hydrogen-bond acceptors (Lipinski definition) is 8.